The predicted octanol–water partition coefficient (Wildman–Crippen LogP) is 3.37. The number of nitriles is 1. The summed E-state index contributed by atoms with van der Waals surface area (Å²) in [5, 5.41) is 11.6. The lowest BCUT2D eigenvalue weighted by molar-refractivity contribution is -0.126. The van der Waals surface area contributed by atoms with Crippen LogP contribution in [0.1, 0.15) is 47.3 Å². The number of anilines is 2. The lowest BCUT2D eigenvalue weighted by atomic mass is 9.94. The van der Waals surface area contributed by atoms with Gasteiger partial charge in [-0.3, -0.25) is 14.0 Å². The van der Waals surface area contributed by atoms with Crippen molar-refractivity contribution in [3.05, 3.63) is 71.4 Å². The standard InChI is InChI=1S/C28H23FN8O2/c1-2-4-24(38)36-12-3-5-19(16-36)25-22-9-11-33-28(31)37(22)26(35-25)20-7-6-18(14-21(20)29)27(39)34-23-13-17(15-30)8-10-32-23/h6-11,13-14,19H,3,5,12,16H2,1H3,(H2,31,33)(H,32,34,39). The Bertz CT molecular complexity index is 1710. The Hall–Kier alpha value is -5.29. The molecule has 1 fully saturated rings. The van der Waals surface area contributed by atoms with E-state index in [4.69, 9.17) is 16.0 Å². The molecule has 1 atom stereocenters. The first-order chi connectivity index (χ1) is 18.9. The average Bonchev–Trinajstić information content (AvgIpc) is 3.34. The van der Waals surface area contributed by atoms with Crippen LogP contribution in [-0.4, -0.2) is 49.2 Å². The highest BCUT2D eigenvalue weighted by molar-refractivity contribution is 6.04. The van der Waals surface area contributed by atoms with Gasteiger partial charge in [0.1, 0.15) is 11.6 Å². The number of hydrogen-bond acceptors (Lipinski definition) is 7. The fraction of sp³-hybridized carbons (Fsp3) is 0.214. The van der Waals surface area contributed by atoms with Gasteiger partial charge in [-0.1, -0.05) is 5.92 Å². The molecule has 0 bridgehead atoms. The number of carbonyl (C=O) groups is 2. The van der Waals surface area contributed by atoms with E-state index in [-0.39, 0.29) is 40.5 Å². The molecular formula is C28H23FN8O2. The highest BCUT2D eigenvalue weighted by Gasteiger charge is 2.29. The van der Waals surface area contributed by atoms with Crippen LogP contribution in [0.4, 0.5) is 16.2 Å². The number of piperidine rings is 1. The second-order valence-electron chi connectivity index (χ2n) is 9.00. The van der Waals surface area contributed by atoms with E-state index in [1.807, 2.05) is 6.07 Å². The quantitative estimate of drug-likeness (QED) is 0.391. The van der Waals surface area contributed by atoms with Crippen molar-refractivity contribution >= 4 is 29.1 Å². The number of nitrogen functional groups attached to an aromatic ring is 1. The predicted molar refractivity (Wildman–Crippen MR) is 142 cm³/mol. The maximum Gasteiger partial charge on any atom is 0.298 e. The van der Waals surface area contributed by atoms with Crippen LogP contribution in [0.25, 0.3) is 16.9 Å². The Morgan fingerprint density at radius 3 is 2.77 bits per heavy atom. The first-order valence-electron chi connectivity index (χ1n) is 12.2. The first-order valence-corrected chi connectivity index (χ1v) is 12.2. The molecule has 0 saturated carbocycles. The number of halogens is 1. The van der Waals surface area contributed by atoms with Gasteiger partial charge in [0.2, 0.25) is 5.95 Å². The molecule has 39 heavy (non-hydrogen) atoms. The summed E-state index contributed by atoms with van der Waals surface area (Å²) in [6, 6.07) is 10.7. The van der Waals surface area contributed by atoms with E-state index in [0.717, 1.165) is 18.9 Å². The Kier molecular flexibility index (Phi) is 6.89. The number of carbonyl (C=O) groups excluding carboxylic acids is 2. The summed E-state index contributed by atoms with van der Waals surface area (Å²) in [4.78, 5) is 39.8. The van der Waals surface area contributed by atoms with Gasteiger partial charge in [0.15, 0.2) is 5.82 Å². The largest absolute Gasteiger partial charge is 0.369 e. The normalized spacial score (nSPS) is 14.8. The summed E-state index contributed by atoms with van der Waals surface area (Å²) in [7, 11) is 0. The molecular weight excluding hydrogens is 499 g/mol. The number of nitrogens with zero attached hydrogens (tertiary/aromatic N) is 6. The number of pyridine rings is 1. The smallest absolute Gasteiger partial charge is 0.298 e. The zero-order chi connectivity index (χ0) is 27.5. The zero-order valence-corrected chi connectivity index (χ0v) is 21.0. The van der Waals surface area contributed by atoms with E-state index in [1.165, 1.54) is 30.5 Å². The average molecular weight is 523 g/mol. The van der Waals surface area contributed by atoms with Gasteiger partial charge in [-0.15, -0.1) is 0 Å². The van der Waals surface area contributed by atoms with Gasteiger partial charge in [-0.05, 0) is 62.1 Å². The Morgan fingerprint density at radius 2 is 2.00 bits per heavy atom. The molecule has 4 heterocycles. The van der Waals surface area contributed by atoms with Gasteiger partial charge >= 0.3 is 0 Å². The van der Waals surface area contributed by atoms with Crippen molar-refractivity contribution in [2.45, 2.75) is 25.7 Å². The monoisotopic (exact) mass is 522 g/mol. The molecule has 4 aromatic rings. The molecule has 0 spiro atoms. The van der Waals surface area contributed by atoms with Crippen molar-refractivity contribution in [2.24, 2.45) is 0 Å². The molecule has 5 rings (SSSR count). The van der Waals surface area contributed by atoms with Gasteiger partial charge in [-0.25, -0.2) is 19.3 Å². The number of likely N-dealkylation sites (tertiary alicyclic amines) is 1. The minimum absolute atomic E-state index is 0.0612. The zero-order valence-electron chi connectivity index (χ0n) is 21.0. The number of nitrogens with two attached hydrogens (primary N) is 1. The minimum atomic E-state index is -0.679. The van der Waals surface area contributed by atoms with Gasteiger partial charge in [0, 0.05) is 37.0 Å². The van der Waals surface area contributed by atoms with Crippen LogP contribution in [-0.2, 0) is 4.79 Å². The summed E-state index contributed by atoms with van der Waals surface area (Å²) < 4.78 is 17.1. The fourth-order valence-electron chi connectivity index (χ4n) is 4.73. The molecule has 1 saturated heterocycles. The van der Waals surface area contributed by atoms with Gasteiger partial charge in [-0.2, -0.15) is 5.26 Å². The van der Waals surface area contributed by atoms with Crippen LogP contribution in [0.5, 0.6) is 0 Å². The number of rotatable bonds is 4. The highest BCUT2D eigenvalue weighted by atomic mass is 19.1. The summed E-state index contributed by atoms with van der Waals surface area (Å²) in [5.74, 6) is 4.19. The lowest BCUT2D eigenvalue weighted by Gasteiger charge is -2.30. The second kappa shape index (κ2) is 10.6. The second-order valence-corrected chi connectivity index (χ2v) is 9.00. The topological polar surface area (TPSA) is 142 Å². The molecule has 194 valence electrons. The number of benzene rings is 1. The van der Waals surface area contributed by atoms with Crippen LogP contribution in [0, 0.1) is 29.0 Å². The van der Waals surface area contributed by atoms with Crippen molar-refractivity contribution in [3.63, 3.8) is 0 Å². The Labute approximate surface area is 223 Å². The maximum absolute atomic E-state index is 15.5. The number of imidazole rings is 1. The summed E-state index contributed by atoms with van der Waals surface area (Å²) in [6.07, 6.45) is 4.53. The van der Waals surface area contributed by atoms with E-state index in [2.05, 4.69) is 27.1 Å². The van der Waals surface area contributed by atoms with Gasteiger partial charge in [0.25, 0.3) is 11.8 Å². The molecule has 3 N–H and O–H groups in total. The van der Waals surface area contributed by atoms with Crippen molar-refractivity contribution in [2.75, 3.05) is 24.1 Å². The van der Waals surface area contributed by atoms with Crippen molar-refractivity contribution < 1.29 is 14.0 Å². The third-order valence-electron chi connectivity index (χ3n) is 6.54. The van der Waals surface area contributed by atoms with E-state index >= 15 is 4.39 Å². The van der Waals surface area contributed by atoms with E-state index in [0.29, 0.717) is 29.9 Å². The van der Waals surface area contributed by atoms with E-state index in [9.17, 15) is 9.59 Å². The number of nitrogens with one attached hydrogen (secondary N) is 1. The Balaban J connectivity index is 1.49. The number of hydrogen-bond donors (Lipinski definition) is 2. The molecule has 1 aliphatic rings. The third-order valence-corrected chi connectivity index (χ3v) is 6.54. The van der Waals surface area contributed by atoms with Crippen molar-refractivity contribution in [3.8, 4) is 29.3 Å². The number of fused-ring (bicyclic) bond motifs is 1. The molecule has 2 amide bonds. The molecule has 11 heteroatoms. The van der Waals surface area contributed by atoms with E-state index in [1.54, 1.807) is 28.5 Å². The SMILES string of the molecule is CC#CC(=O)N1CCCC(c2nc(-c3ccc(C(=O)Nc4cc(C#N)ccn4)cc3F)n3c(N)nccc23)C1. The first kappa shape index (κ1) is 25.4. The van der Waals surface area contributed by atoms with Gasteiger partial charge in [0.05, 0.1) is 28.4 Å². The van der Waals surface area contributed by atoms with Crippen molar-refractivity contribution in [1.82, 2.24) is 24.3 Å². The minimum Gasteiger partial charge on any atom is -0.369 e. The molecule has 1 aliphatic heterocycles. The van der Waals surface area contributed by atoms with Crippen LogP contribution in [0.2, 0.25) is 0 Å². The van der Waals surface area contributed by atoms with Crippen LogP contribution >= 0.6 is 0 Å². The highest BCUT2D eigenvalue weighted by Crippen LogP contribution is 2.34. The van der Waals surface area contributed by atoms with Crippen LogP contribution in [0.3, 0.4) is 0 Å². The fourth-order valence-corrected chi connectivity index (χ4v) is 4.73. The molecule has 1 unspecified atom stereocenters. The summed E-state index contributed by atoms with van der Waals surface area (Å²) >= 11 is 0. The molecule has 10 nitrogen and oxygen atoms in total. The third kappa shape index (κ3) is 4.98. The maximum atomic E-state index is 15.5. The number of amides is 2. The lowest BCUT2D eigenvalue weighted by Crippen LogP contribution is -2.38. The Morgan fingerprint density at radius 1 is 1.18 bits per heavy atom. The molecule has 3 aromatic heterocycles. The number of aromatic nitrogens is 4. The molecule has 0 radical (unpaired) electrons. The van der Waals surface area contributed by atoms with Crippen molar-refractivity contribution in [1.29, 1.82) is 5.26 Å². The van der Waals surface area contributed by atoms with Crippen LogP contribution in [0.15, 0.2) is 48.8 Å². The summed E-state index contributed by atoms with van der Waals surface area (Å²) in [6.45, 7) is 2.67. The van der Waals surface area contributed by atoms with Crippen LogP contribution < -0.4 is 11.1 Å². The summed E-state index contributed by atoms with van der Waals surface area (Å²) in [5.41, 5.74) is 8.09. The van der Waals surface area contributed by atoms with E-state index < -0.39 is 11.7 Å². The molecule has 1 aromatic carbocycles. The van der Waals surface area contributed by atoms with Gasteiger partial charge < -0.3 is 16.0 Å². The molecule has 0 aliphatic carbocycles.